The lowest BCUT2D eigenvalue weighted by molar-refractivity contribution is 0.0765. The molecule has 0 spiro atoms. The van der Waals surface area contributed by atoms with Crippen LogP contribution < -0.4 is 5.32 Å². The van der Waals surface area contributed by atoms with Crippen molar-refractivity contribution in [2.45, 2.75) is 26.8 Å². The predicted octanol–water partition coefficient (Wildman–Crippen LogP) is 3.17. The minimum atomic E-state index is 0. The molecule has 1 saturated heterocycles. The van der Waals surface area contributed by atoms with Crippen LogP contribution in [-0.2, 0) is 6.54 Å². The third-order valence-corrected chi connectivity index (χ3v) is 4.94. The molecule has 1 aromatic heterocycles. The number of hydrogen-bond donors (Lipinski definition) is 1. The summed E-state index contributed by atoms with van der Waals surface area (Å²) in [7, 11) is 0. The van der Waals surface area contributed by atoms with E-state index in [4.69, 9.17) is 0 Å². The molecule has 3 rings (SSSR count). The fourth-order valence-corrected chi connectivity index (χ4v) is 3.62. The smallest absolute Gasteiger partial charge is 0.257 e. The summed E-state index contributed by atoms with van der Waals surface area (Å²) in [5.74, 6) is 0.106. The standard InChI is InChI=1S/C18H23BrN4O.ClH/c1-13-17(18(24)22-9-4-7-20-8-10-22)14(2)23(21-13)12-15-5-3-6-16(19)11-15;/h3,5-6,11,20H,4,7-10,12H2,1-2H3;1H. The average Bonchev–Trinajstić information content (AvgIpc) is 2.74. The maximum Gasteiger partial charge on any atom is 0.257 e. The van der Waals surface area contributed by atoms with Crippen molar-refractivity contribution >= 4 is 34.2 Å². The van der Waals surface area contributed by atoms with Gasteiger partial charge in [-0.1, -0.05) is 28.1 Å². The molecule has 136 valence electrons. The summed E-state index contributed by atoms with van der Waals surface area (Å²) in [4.78, 5) is 14.9. The van der Waals surface area contributed by atoms with E-state index in [9.17, 15) is 4.79 Å². The van der Waals surface area contributed by atoms with Crippen LogP contribution in [0.3, 0.4) is 0 Å². The van der Waals surface area contributed by atoms with Crippen molar-refractivity contribution in [1.82, 2.24) is 20.0 Å². The van der Waals surface area contributed by atoms with E-state index in [1.165, 1.54) is 0 Å². The molecule has 0 unspecified atom stereocenters. The number of hydrogen-bond acceptors (Lipinski definition) is 3. The Kier molecular flexibility index (Phi) is 7.04. The Balaban J connectivity index is 0.00000225. The highest BCUT2D eigenvalue weighted by molar-refractivity contribution is 9.10. The number of rotatable bonds is 3. The van der Waals surface area contributed by atoms with Crippen LogP contribution in [-0.4, -0.2) is 46.8 Å². The zero-order valence-corrected chi connectivity index (χ0v) is 17.0. The number of nitrogens with one attached hydrogen (secondary N) is 1. The van der Waals surface area contributed by atoms with Crippen LogP contribution in [0.15, 0.2) is 28.7 Å². The minimum absolute atomic E-state index is 0. The zero-order chi connectivity index (χ0) is 17.1. The van der Waals surface area contributed by atoms with E-state index in [-0.39, 0.29) is 18.3 Å². The van der Waals surface area contributed by atoms with E-state index in [2.05, 4.69) is 38.5 Å². The van der Waals surface area contributed by atoms with E-state index in [1.54, 1.807) is 0 Å². The second-order valence-electron chi connectivity index (χ2n) is 6.23. The molecule has 1 N–H and O–H groups in total. The molecule has 1 fully saturated rings. The molecule has 0 radical (unpaired) electrons. The highest BCUT2D eigenvalue weighted by Gasteiger charge is 2.24. The summed E-state index contributed by atoms with van der Waals surface area (Å²) in [6, 6.07) is 8.18. The summed E-state index contributed by atoms with van der Waals surface area (Å²) in [5.41, 5.74) is 3.67. The van der Waals surface area contributed by atoms with Crippen molar-refractivity contribution in [3.05, 3.63) is 51.3 Å². The summed E-state index contributed by atoms with van der Waals surface area (Å²) >= 11 is 3.50. The Hall–Kier alpha value is -1.37. The maximum atomic E-state index is 13.0. The molecule has 0 atom stereocenters. The maximum absolute atomic E-state index is 13.0. The molecule has 1 aliphatic rings. The largest absolute Gasteiger partial charge is 0.337 e. The number of halogens is 2. The number of amides is 1. The van der Waals surface area contributed by atoms with Gasteiger partial charge in [-0.2, -0.15) is 5.10 Å². The average molecular weight is 428 g/mol. The van der Waals surface area contributed by atoms with Gasteiger partial charge in [0, 0.05) is 29.8 Å². The lowest BCUT2D eigenvalue weighted by Crippen LogP contribution is -2.34. The van der Waals surface area contributed by atoms with Gasteiger partial charge >= 0.3 is 0 Å². The number of aromatic nitrogens is 2. The summed E-state index contributed by atoms with van der Waals surface area (Å²) in [5, 5.41) is 7.95. The Morgan fingerprint density at radius 2 is 2.08 bits per heavy atom. The van der Waals surface area contributed by atoms with Crippen LogP contribution in [0.25, 0.3) is 0 Å². The molecular formula is C18H24BrClN4O. The first-order valence-corrected chi connectivity index (χ1v) is 9.14. The van der Waals surface area contributed by atoms with Crippen molar-refractivity contribution in [1.29, 1.82) is 0 Å². The van der Waals surface area contributed by atoms with Crippen LogP contribution in [0.5, 0.6) is 0 Å². The van der Waals surface area contributed by atoms with E-state index < -0.39 is 0 Å². The molecule has 0 bridgehead atoms. The molecule has 1 amide bonds. The van der Waals surface area contributed by atoms with Crippen molar-refractivity contribution in [2.24, 2.45) is 0 Å². The van der Waals surface area contributed by atoms with Gasteiger partial charge in [0.1, 0.15) is 0 Å². The monoisotopic (exact) mass is 426 g/mol. The van der Waals surface area contributed by atoms with Gasteiger partial charge in [-0.15, -0.1) is 12.4 Å². The Morgan fingerprint density at radius 3 is 2.84 bits per heavy atom. The van der Waals surface area contributed by atoms with Gasteiger partial charge in [-0.3, -0.25) is 9.48 Å². The molecule has 2 heterocycles. The third kappa shape index (κ3) is 4.63. The molecule has 2 aromatic rings. The van der Waals surface area contributed by atoms with Gasteiger partial charge < -0.3 is 10.2 Å². The highest BCUT2D eigenvalue weighted by atomic mass is 79.9. The zero-order valence-electron chi connectivity index (χ0n) is 14.6. The normalized spacial score (nSPS) is 14.8. The van der Waals surface area contributed by atoms with Crippen molar-refractivity contribution in [3.8, 4) is 0 Å². The molecular weight excluding hydrogens is 404 g/mol. The molecule has 25 heavy (non-hydrogen) atoms. The molecule has 5 nitrogen and oxygen atoms in total. The molecule has 0 saturated carbocycles. The van der Waals surface area contributed by atoms with E-state index in [0.717, 1.165) is 59.6 Å². The second kappa shape index (κ2) is 8.83. The van der Waals surface area contributed by atoms with Gasteiger partial charge in [0.25, 0.3) is 5.91 Å². The van der Waals surface area contributed by atoms with E-state index >= 15 is 0 Å². The van der Waals surface area contributed by atoms with Gasteiger partial charge in [-0.05, 0) is 44.5 Å². The number of carbonyl (C=O) groups excluding carboxylic acids is 1. The van der Waals surface area contributed by atoms with Crippen molar-refractivity contribution < 1.29 is 4.79 Å². The number of benzene rings is 1. The Labute approximate surface area is 163 Å². The fourth-order valence-electron chi connectivity index (χ4n) is 3.18. The van der Waals surface area contributed by atoms with Crippen molar-refractivity contribution in [3.63, 3.8) is 0 Å². The Bertz CT molecular complexity index is 739. The second-order valence-corrected chi connectivity index (χ2v) is 7.14. The van der Waals surface area contributed by atoms with Crippen LogP contribution in [0.2, 0.25) is 0 Å². The molecule has 0 aliphatic carbocycles. The van der Waals surface area contributed by atoms with Gasteiger partial charge in [-0.25, -0.2) is 0 Å². The van der Waals surface area contributed by atoms with Crippen molar-refractivity contribution in [2.75, 3.05) is 26.2 Å². The third-order valence-electron chi connectivity index (χ3n) is 4.44. The highest BCUT2D eigenvalue weighted by Crippen LogP contribution is 2.19. The molecule has 1 aliphatic heterocycles. The lowest BCUT2D eigenvalue weighted by atomic mass is 10.1. The van der Waals surface area contributed by atoms with Crippen LogP contribution in [0.4, 0.5) is 0 Å². The summed E-state index contributed by atoms with van der Waals surface area (Å²) in [6.45, 7) is 7.98. The lowest BCUT2D eigenvalue weighted by Gasteiger charge is -2.20. The number of carbonyl (C=O) groups is 1. The van der Waals surface area contributed by atoms with Gasteiger partial charge in [0.05, 0.1) is 17.8 Å². The molecule has 7 heteroatoms. The van der Waals surface area contributed by atoms with E-state index in [1.807, 2.05) is 35.6 Å². The van der Waals surface area contributed by atoms with Crippen LogP contribution >= 0.6 is 28.3 Å². The predicted molar refractivity (Wildman–Crippen MR) is 106 cm³/mol. The quantitative estimate of drug-likeness (QED) is 0.818. The SMILES string of the molecule is Cc1nn(Cc2cccc(Br)c2)c(C)c1C(=O)N1CCCNCC1.Cl. The Morgan fingerprint density at radius 1 is 1.28 bits per heavy atom. The van der Waals surface area contributed by atoms with Gasteiger partial charge in [0.2, 0.25) is 0 Å². The first-order valence-electron chi connectivity index (χ1n) is 8.34. The number of aryl methyl sites for hydroxylation is 1. The first-order chi connectivity index (χ1) is 11.6. The number of nitrogens with zero attached hydrogens (tertiary/aromatic N) is 3. The molecule has 1 aromatic carbocycles. The summed E-state index contributed by atoms with van der Waals surface area (Å²) < 4.78 is 2.98. The van der Waals surface area contributed by atoms with Crippen LogP contribution in [0.1, 0.15) is 33.7 Å². The first kappa shape index (κ1) is 19.9. The summed E-state index contributed by atoms with van der Waals surface area (Å²) in [6.07, 6.45) is 0.996. The van der Waals surface area contributed by atoms with E-state index in [0.29, 0.717) is 6.54 Å². The van der Waals surface area contributed by atoms with Crippen LogP contribution in [0, 0.1) is 13.8 Å². The fraction of sp³-hybridized carbons (Fsp3) is 0.444. The minimum Gasteiger partial charge on any atom is -0.337 e. The van der Waals surface area contributed by atoms with Gasteiger partial charge in [0.15, 0.2) is 0 Å². The topological polar surface area (TPSA) is 50.2 Å².